The molecule has 1 aromatic carbocycles. The topological polar surface area (TPSA) is 45.2 Å². The lowest BCUT2D eigenvalue weighted by molar-refractivity contribution is -0.113. The van der Waals surface area contributed by atoms with Gasteiger partial charge in [0.1, 0.15) is 5.70 Å². The fraction of sp³-hybridized carbons (Fsp3) is 0.0625. The van der Waals surface area contributed by atoms with Crippen molar-refractivity contribution in [3.05, 3.63) is 65.6 Å². The van der Waals surface area contributed by atoms with Gasteiger partial charge in [-0.1, -0.05) is 18.2 Å². The molecule has 1 aliphatic heterocycles. The van der Waals surface area contributed by atoms with Crippen LogP contribution in [0.25, 0.3) is 6.08 Å². The third-order valence-electron chi connectivity index (χ3n) is 3.25. The third kappa shape index (κ3) is 2.55. The van der Waals surface area contributed by atoms with Crippen molar-refractivity contribution in [2.24, 2.45) is 0 Å². The SMILES string of the molecule is Cc1ccccc1N1C(=O)/C(=C\c2ccncc2)NC1=S. The second-order valence-corrected chi connectivity index (χ2v) is 5.08. The summed E-state index contributed by atoms with van der Waals surface area (Å²) in [6.45, 7) is 1.95. The van der Waals surface area contributed by atoms with Crippen molar-refractivity contribution in [3.63, 3.8) is 0 Å². The molecule has 0 atom stereocenters. The number of amides is 1. The maximum absolute atomic E-state index is 12.6. The van der Waals surface area contributed by atoms with Crippen LogP contribution in [0.3, 0.4) is 0 Å². The fourth-order valence-electron chi connectivity index (χ4n) is 2.19. The molecule has 21 heavy (non-hydrogen) atoms. The van der Waals surface area contributed by atoms with Crippen molar-refractivity contribution in [1.29, 1.82) is 0 Å². The number of hydrogen-bond donors (Lipinski definition) is 1. The number of para-hydroxylation sites is 1. The summed E-state index contributed by atoms with van der Waals surface area (Å²) in [6, 6.07) is 11.3. The van der Waals surface area contributed by atoms with E-state index in [1.807, 2.05) is 43.3 Å². The van der Waals surface area contributed by atoms with Crippen LogP contribution in [0.15, 0.2) is 54.5 Å². The first kappa shape index (κ1) is 13.5. The first-order chi connectivity index (χ1) is 10.2. The van der Waals surface area contributed by atoms with Crippen molar-refractivity contribution < 1.29 is 4.79 Å². The Labute approximate surface area is 128 Å². The van der Waals surface area contributed by atoms with Crippen LogP contribution < -0.4 is 10.2 Å². The molecule has 104 valence electrons. The number of hydrogen-bond acceptors (Lipinski definition) is 3. The molecule has 0 aliphatic carbocycles. The van der Waals surface area contributed by atoms with E-state index in [0.29, 0.717) is 10.8 Å². The van der Waals surface area contributed by atoms with E-state index in [0.717, 1.165) is 16.8 Å². The van der Waals surface area contributed by atoms with Crippen molar-refractivity contribution in [3.8, 4) is 0 Å². The van der Waals surface area contributed by atoms with Gasteiger partial charge in [-0.3, -0.25) is 14.7 Å². The van der Waals surface area contributed by atoms with Crippen LogP contribution >= 0.6 is 12.2 Å². The molecule has 0 spiro atoms. The summed E-state index contributed by atoms with van der Waals surface area (Å²) in [5, 5.41) is 3.37. The maximum atomic E-state index is 12.6. The normalized spacial score (nSPS) is 16.4. The molecular weight excluding hydrogens is 282 g/mol. The van der Waals surface area contributed by atoms with E-state index >= 15 is 0 Å². The zero-order valence-corrected chi connectivity index (χ0v) is 12.2. The summed E-state index contributed by atoms with van der Waals surface area (Å²) in [7, 11) is 0. The van der Waals surface area contributed by atoms with Gasteiger partial charge in [0.25, 0.3) is 5.91 Å². The number of rotatable bonds is 2. The standard InChI is InChI=1S/C16H13N3OS/c1-11-4-2-3-5-14(11)19-15(20)13(18-16(19)21)10-12-6-8-17-9-7-12/h2-10H,1H3,(H,18,21)/b13-10+. The summed E-state index contributed by atoms with van der Waals surface area (Å²) in [5.74, 6) is -0.147. The molecule has 0 saturated carbocycles. The van der Waals surface area contributed by atoms with Gasteiger partial charge in [0.05, 0.1) is 5.69 Å². The molecule has 1 fully saturated rings. The second kappa shape index (κ2) is 5.46. The lowest BCUT2D eigenvalue weighted by Crippen LogP contribution is -2.30. The average Bonchev–Trinajstić information content (AvgIpc) is 2.76. The molecule has 3 rings (SSSR count). The van der Waals surface area contributed by atoms with Gasteiger partial charge in [0.15, 0.2) is 5.11 Å². The molecule has 4 nitrogen and oxygen atoms in total. The molecule has 2 aromatic rings. The number of aryl methyl sites for hydroxylation is 1. The first-order valence-electron chi connectivity index (χ1n) is 6.49. The van der Waals surface area contributed by atoms with E-state index in [1.165, 1.54) is 4.90 Å². The Hall–Kier alpha value is -2.53. The van der Waals surface area contributed by atoms with E-state index < -0.39 is 0 Å². The van der Waals surface area contributed by atoms with Gasteiger partial charge in [-0.2, -0.15) is 0 Å². The number of benzene rings is 1. The quantitative estimate of drug-likeness (QED) is 0.683. The highest BCUT2D eigenvalue weighted by Gasteiger charge is 2.32. The Bertz CT molecular complexity index is 740. The van der Waals surface area contributed by atoms with Crippen LogP contribution in [-0.4, -0.2) is 16.0 Å². The van der Waals surface area contributed by atoms with E-state index in [2.05, 4.69) is 10.3 Å². The first-order valence-corrected chi connectivity index (χ1v) is 6.90. The fourth-order valence-corrected chi connectivity index (χ4v) is 2.49. The number of carbonyl (C=O) groups excluding carboxylic acids is 1. The number of nitrogens with zero attached hydrogens (tertiary/aromatic N) is 2. The van der Waals surface area contributed by atoms with Crippen molar-refractivity contribution >= 4 is 35.0 Å². The Morgan fingerprint density at radius 1 is 1.19 bits per heavy atom. The Balaban J connectivity index is 1.97. The molecule has 5 heteroatoms. The molecular formula is C16H13N3OS. The van der Waals surface area contributed by atoms with Gasteiger partial charge in [0, 0.05) is 12.4 Å². The molecule has 1 N–H and O–H groups in total. The largest absolute Gasteiger partial charge is 0.327 e. The number of pyridine rings is 1. The Morgan fingerprint density at radius 3 is 2.62 bits per heavy atom. The second-order valence-electron chi connectivity index (χ2n) is 4.70. The van der Waals surface area contributed by atoms with Crippen LogP contribution in [-0.2, 0) is 4.79 Å². The van der Waals surface area contributed by atoms with Gasteiger partial charge in [-0.15, -0.1) is 0 Å². The lowest BCUT2D eigenvalue weighted by Gasteiger charge is -2.16. The van der Waals surface area contributed by atoms with E-state index in [9.17, 15) is 4.79 Å². The summed E-state index contributed by atoms with van der Waals surface area (Å²) in [5.41, 5.74) is 3.17. The monoisotopic (exact) mass is 295 g/mol. The highest BCUT2D eigenvalue weighted by atomic mass is 32.1. The predicted molar refractivity (Wildman–Crippen MR) is 86.6 cm³/mol. The summed E-state index contributed by atoms with van der Waals surface area (Å²) in [6.07, 6.45) is 5.14. The zero-order valence-electron chi connectivity index (χ0n) is 11.4. The summed E-state index contributed by atoms with van der Waals surface area (Å²) in [4.78, 5) is 18.0. The van der Waals surface area contributed by atoms with Crippen LogP contribution in [0.4, 0.5) is 5.69 Å². The minimum atomic E-state index is -0.147. The average molecular weight is 295 g/mol. The summed E-state index contributed by atoms with van der Waals surface area (Å²) >= 11 is 5.29. The highest BCUT2D eigenvalue weighted by molar-refractivity contribution is 7.80. The van der Waals surface area contributed by atoms with E-state index in [-0.39, 0.29) is 5.91 Å². The number of nitrogens with one attached hydrogen (secondary N) is 1. The molecule has 0 unspecified atom stereocenters. The molecule has 1 amide bonds. The number of aromatic nitrogens is 1. The molecule has 1 saturated heterocycles. The van der Waals surface area contributed by atoms with Crippen LogP contribution in [0.1, 0.15) is 11.1 Å². The van der Waals surface area contributed by atoms with Gasteiger partial charge < -0.3 is 5.32 Å². The van der Waals surface area contributed by atoms with Gasteiger partial charge >= 0.3 is 0 Å². The van der Waals surface area contributed by atoms with E-state index in [1.54, 1.807) is 18.5 Å². The van der Waals surface area contributed by atoms with E-state index in [4.69, 9.17) is 12.2 Å². The smallest absolute Gasteiger partial charge is 0.281 e. The Morgan fingerprint density at radius 2 is 1.90 bits per heavy atom. The van der Waals surface area contributed by atoms with Gasteiger partial charge in [-0.25, -0.2) is 0 Å². The maximum Gasteiger partial charge on any atom is 0.281 e. The lowest BCUT2D eigenvalue weighted by atomic mass is 10.2. The molecule has 0 bridgehead atoms. The Kier molecular flexibility index (Phi) is 3.50. The van der Waals surface area contributed by atoms with Gasteiger partial charge in [-0.05, 0) is 54.5 Å². The molecule has 0 radical (unpaired) electrons. The number of carbonyl (C=O) groups is 1. The van der Waals surface area contributed by atoms with Crippen molar-refractivity contribution in [2.75, 3.05) is 4.90 Å². The van der Waals surface area contributed by atoms with Crippen molar-refractivity contribution in [1.82, 2.24) is 10.3 Å². The molecule has 1 aliphatic rings. The molecule has 2 heterocycles. The van der Waals surface area contributed by atoms with Gasteiger partial charge in [0.2, 0.25) is 0 Å². The predicted octanol–water partition coefficient (Wildman–Crippen LogP) is 2.65. The third-order valence-corrected chi connectivity index (χ3v) is 3.54. The van der Waals surface area contributed by atoms with Crippen molar-refractivity contribution in [2.45, 2.75) is 6.92 Å². The number of anilines is 1. The minimum Gasteiger partial charge on any atom is -0.327 e. The van der Waals surface area contributed by atoms with Crippen LogP contribution in [0.2, 0.25) is 0 Å². The minimum absolute atomic E-state index is 0.147. The van der Waals surface area contributed by atoms with Crippen LogP contribution in [0.5, 0.6) is 0 Å². The summed E-state index contributed by atoms with van der Waals surface area (Å²) < 4.78 is 0. The molecule has 1 aromatic heterocycles. The zero-order chi connectivity index (χ0) is 14.8. The highest BCUT2D eigenvalue weighted by Crippen LogP contribution is 2.25. The van der Waals surface area contributed by atoms with Crippen LogP contribution in [0, 0.1) is 6.92 Å². The number of thiocarbonyl (C=S) groups is 1.